The summed E-state index contributed by atoms with van der Waals surface area (Å²) in [6.45, 7) is 1.73. The highest BCUT2D eigenvalue weighted by molar-refractivity contribution is 6.30. The SMILES string of the molecule is Cc1ccc(OC(=O)CNC(=O)c2cccc(Cl)c2)cc1. The number of nitrogens with one attached hydrogen (secondary N) is 1. The molecule has 21 heavy (non-hydrogen) atoms. The molecule has 0 heterocycles. The monoisotopic (exact) mass is 303 g/mol. The first-order chi connectivity index (χ1) is 10.0. The quantitative estimate of drug-likeness (QED) is 0.698. The van der Waals surface area contributed by atoms with Crippen molar-refractivity contribution in [1.82, 2.24) is 5.32 Å². The van der Waals surface area contributed by atoms with Crippen molar-refractivity contribution in [3.63, 3.8) is 0 Å². The second kappa shape index (κ2) is 6.90. The Labute approximate surface area is 127 Å². The zero-order valence-corrected chi connectivity index (χ0v) is 12.2. The molecule has 0 atom stereocenters. The minimum Gasteiger partial charge on any atom is -0.425 e. The lowest BCUT2D eigenvalue weighted by atomic mass is 10.2. The average molecular weight is 304 g/mol. The van der Waals surface area contributed by atoms with Gasteiger partial charge in [-0.2, -0.15) is 0 Å². The van der Waals surface area contributed by atoms with E-state index in [1.165, 1.54) is 6.07 Å². The second-order valence-electron chi connectivity index (χ2n) is 4.48. The van der Waals surface area contributed by atoms with Gasteiger partial charge in [-0.1, -0.05) is 35.4 Å². The van der Waals surface area contributed by atoms with E-state index in [4.69, 9.17) is 16.3 Å². The summed E-state index contributed by atoms with van der Waals surface area (Å²) < 4.78 is 5.10. The van der Waals surface area contributed by atoms with E-state index < -0.39 is 5.97 Å². The van der Waals surface area contributed by atoms with Crippen molar-refractivity contribution in [2.24, 2.45) is 0 Å². The number of esters is 1. The van der Waals surface area contributed by atoms with Crippen LogP contribution in [0.2, 0.25) is 5.02 Å². The fourth-order valence-corrected chi connectivity index (χ4v) is 1.85. The van der Waals surface area contributed by atoms with Gasteiger partial charge in [0.1, 0.15) is 12.3 Å². The summed E-state index contributed by atoms with van der Waals surface area (Å²) in [6, 6.07) is 13.6. The zero-order chi connectivity index (χ0) is 15.2. The lowest BCUT2D eigenvalue weighted by Crippen LogP contribution is -2.31. The molecule has 0 radical (unpaired) electrons. The molecule has 0 spiro atoms. The van der Waals surface area contributed by atoms with Gasteiger partial charge in [0.05, 0.1) is 0 Å². The Morgan fingerprint density at radius 3 is 2.52 bits per heavy atom. The number of carbonyl (C=O) groups is 2. The van der Waals surface area contributed by atoms with Gasteiger partial charge >= 0.3 is 5.97 Å². The Hall–Kier alpha value is -2.33. The normalized spacial score (nSPS) is 10.0. The van der Waals surface area contributed by atoms with E-state index in [1.54, 1.807) is 30.3 Å². The highest BCUT2D eigenvalue weighted by Crippen LogP contribution is 2.12. The third-order valence-corrected chi connectivity index (χ3v) is 2.97. The number of carbonyl (C=O) groups excluding carboxylic acids is 2. The van der Waals surface area contributed by atoms with Gasteiger partial charge in [-0.25, -0.2) is 4.79 Å². The maximum absolute atomic E-state index is 11.8. The molecule has 0 saturated carbocycles. The van der Waals surface area contributed by atoms with Gasteiger partial charge < -0.3 is 10.1 Å². The van der Waals surface area contributed by atoms with E-state index in [0.717, 1.165) is 5.56 Å². The van der Waals surface area contributed by atoms with Crippen LogP contribution in [0.4, 0.5) is 0 Å². The molecule has 0 unspecified atom stereocenters. The molecule has 0 bridgehead atoms. The number of ether oxygens (including phenoxy) is 1. The summed E-state index contributed by atoms with van der Waals surface area (Å²) in [5.41, 5.74) is 1.47. The first-order valence-electron chi connectivity index (χ1n) is 6.36. The summed E-state index contributed by atoms with van der Waals surface area (Å²) in [7, 11) is 0. The molecule has 1 N–H and O–H groups in total. The molecule has 1 amide bonds. The van der Waals surface area contributed by atoms with E-state index >= 15 is 0 Å². The zero-order valence-electron chi connectivity index (χ0n) is 11.4. The number of halogens is 1. The number of aryl methyl sites for hydroxylation is 1. The largest absolute Gasteiger partial charge is 0.425 e. The Bertz CT molecular complexity index is 653. The fourth-order valence-electron chi connectivity index (χ4n) is 1.66. The van der Waals surface area contributed by atoms with Crippen molar-refractivity contribution in [2.45, 2.75) is 6.92 Å². The van der Waals surface area contributed by atoms with Crippen LogP contribution >= 0.6 is 11.6 Å². The van der Waals surface area contributed by atoms with Crippen molar-refractivity contribution >= 4 is 23.5 Å². The second-order valence-corrected chi connectivity index (χ2v) is 4.92. The van der Waals surface area contributed by atoms with Crippen LogP contribution in [0.5, 0.6) is 5.75 Å². The van der Waals surface area contributed by atoms with Gasteiger partial charge in [-0.15, -0.1) is 0 Å². The van der Waals surface area contributed by atoms with Crippen molar-refractivity contribution < 1.29 is 14.3 Å². The van der Waals surface area contributed by atoms with Crippen LogP contribution in [0.15, 0.2) is 48.5 Å². The Balaban J connectivity index is 1.86. The Morgan fingerprint density at radius 2 is 1.86 bits per heavy atom. The fraction of sp³-hybridized carbons (Fsp3) is 0.125. The molecule has 0 aliphatic heterocycles. The van der Waals surface area contributed by atoms with Crippen LogP contribution in [-0.2, 0) is 4.79 Å². The molecule has 2 aromatic carbocycles. The van der Waals surface area contributed by atoms with Gasteiger partial charge in [0.15, 0.2) is 0 Å². The van der Waals surface area contributed by atoms with Crippen molar-refractivity contribution in [2.75, 3.05) is 6.54 Å². The maximum atomic E-state index is 11.8. The molecule has 0 saturated heterocycles. The smallest absolute Gasteiger partial charge is 0.330 e. The third-order valence-electron chi connectivity index (χ3n) is 2.73. The molecule has 4 nitrogen and oxygen atoms in total. The van der Waals surface area contributed by atoms with Crippen LogP contribution in [0.1, 0.15) is 15.9 Å². The van der Waals surface area contributed by atoms with Gasteiger partial charge in [0.2, 0.25) is 0 Å². The Morgan fingerprint density at radius 1 is 1.14 bits per heavy atom. The predicted octanol–water partition coefficient (Wildman–Crippen LogP) is 2.98. The first kappa shape index (κ1) is 15.1. The number of amides is 1. The van der Waals surface area contributed by atoms with Crippen molar-refractivity contribution in [1.29, 1.82) is 0 Å². The third kappa shape index (κ3) is 4.61. The summed E-state index contributed by atoms with van der Waals surface area (Å²) in [5.74, 6) is -0.463. The van der Waals surface area contributed by atoms with Crippen LogP contribution in [0.3, 0.4) is 0 Å². The molecule has 0 aliphatic rings. The summed E-state index contributed by atoms with van der Waals surface area (Å²) in [6.07, 6.45) is 0. The molecule has 2 aromatic rings. The number of benzene rings is 2. The van der Waals surface area contributed by atoms with Gasteiger partial charge in [-0.3, -0.25) is 4.79 Å². The molecule has 0 aromatic heterocycles. The van der Waals surface area contributed by atoms with E-state index in [2.05, 4.69) is 5.32 Å². The molecule has 2 rings (SSSR count). The molecule has 108 valence electrons. The molecule has 0 aliphatic carbocycles. The number of rotatable bonds is 4. The molecular formula is C16H14ClNO3. The lowest BCUT2D eigenvalue weighted by Gasteiger charge is -2.06. The van der Waals surface area contributed by atoms with Crippen LogP contribution in [-0.4, -0.2) is 18.4 Å². The summed E-state index contributed by atoms with van der Waals surface area (Å²) in [5, 5.41) is 2.95. The minimum atomic E-state index is -0.533. The average Bonchev–Trinajstić information content (AvgIpc) is 2.47. The van der Waals surface area contributed by atoms with Crippen molar-refractivity contribution in [3.05, 3.63) is 64.7 Å². The topological polar surface area (TPSA) is 55.4 Å². The molecular weight excluding hydrogens is 290 g/mol. The van der Waals surface area contributed by atoms with Gasteiger partial charge in [-0.05, 0) is 37.3 Å². The van der Waals surface area contributed by atoms with Crippen LogP contribution in [0, 0.1) is 6.92 Å². The van der Waals surface area contributed by atoms with Crippen LogP contribution < -0.4 is 10.1 Å². The lowest BCUT2D eigenvalue weighted by molar-refractivity contribution is -0.133. The first-order valence-corrected chi connectivity index (χ1v) is 6.73. The molecule has 5 heteroatoms. The number of hydrogen-bond donors (Lipinski definition) is 1. The standard InChI is InChI=1S/C16H14ClNO3/c1-11-5-7-14(8-6-11)21-15(19)10-18-16(20)12-3-2-4-13(17)9-12/h2-9H,10H2,1H3,(H,18,20). The minimum absolute atomic E-state index is 0.209. The van der Waals surface area contributed by atoms with Gasteiger partial charge in [0, 0.05) is 10.6 Å². The van der Waals surface area contributed by atoms with E-state index in [1.807, 2.05) is 19.1 Å². The number of hydrogen-bond acceptors (Lipinski definition) is 3. The predicted molar refractivity (Wildman–Crippen MR) is 80.6 cm³/mol. The Kier molecular flexibility index (Phi) is 4.95. The highest BCUT2D eigenvalue weighted by atomic mass is 35.5. The van der Waals surface area contributed by atoms with Gasteiger partial charge in [0.25, 0.3) is 5.91 Å². The van der Waals surface area contributed by atoms with Crippen molar-refractivity contribution in [3.8, 4) is 5.75 Å². The molecule has 0 fully saturated rings. The summed E-state index contributed by atoms with van der Waals surface area (Å²) >= 11 is 5.80. The maximum Gasteiger partial charge on any atom is 0.330 e. The highest BCUT2D eigenvalue weighted by Gasteiger charge is 2.09. The van der Waals surface area contributed by atoms with E-state index in [0.29, 0.717) is 16.3 Å². The van der Waals surface area contributed by atoms with E-state index in [9.17, 15) is 9.59 Å². The summed E-state index contributed by atoms with van der Waals surface area (Å²) in [4.78, 5) is 23.5. The van der Waals surface area contributed by atoms with Crippen LogP contribution in [0.25, 0.3) is 0 Å². The van der Waals surface area contributed by atoms with E-state index in [-0.39, 0.29) is 12.5 Å².